The number of rotatable bonds is 10. The molecule has 0 aromatic heterocycles. The lowest BCUT2D eigenvalue weighted by Gasteiger charge is -2.39. The van der Waals surface area contributed by atoms with E-state index in [0.29, 0.717) is 19.4 Å². The quantitative estimate of drug-likeness (QED) is 0.405. The second-order valence-corrected chi connectivity index (χ2v) is 11.2. The Balaban J connectivity index is 2.46. The summed E-state index contributed by atoms with van der Waals surface area (Å²) in [7, 11) is 1.55. The first-order valence-electron chi connectivity index (χ1n) is 12.9. The number of unbranched alkanes of at least 4 members (excludes halogenated alkanes) is 1. The number of alkyl carbamates (subject to hydrolysis) is 1. The van der Waals surface area contributed by atoms with E-state index < -0.39 is 52.5 Å². The van der Waals surface area contributed by atoms with Crippen molar-refractivity contribution in [3.05, 3.63) is 23.3 Å². The number of methoxy groups -OCH3 is 1. The van der Waals surface area contributed by atoms with Gasteiger partial charge in [-0.15, -0.1) is 0 Å². The summed E-state index contributed by atoms with van der Waals surface area (Å²) < 4.78 is 58.6. The number of nitrogens with one attached hydrogen (secondary N) is 1. The van der Waals surface area contributed by atoms with E-state index in [9.17, 15) is 27.6 Å². The average Bonchev–Trinajstić information content (AvgIpc) is 2.78. The molecule has 39 heavy (non-hydrogen) atoms. The van der Waals surface area contributed by atoms with E-state index in [1.54, 1.807) is 41.7 Å². The van der Waals surface area contributed by atoms with Crippen LogP contribution in [0.1, 0.15) is 77.2 Å². The van der Waals surface area contributed by atoms with Gasteiger partial charge < -0.3 is 29.3 Å². The van der Waals surface area contributed by atoms with Crippen LogP contribution < -0.4 is 15.0 Å². The summed E-state index contributed by atoms with van der Waals surface area (Å²) in [5, 5.41) is 2.52. The lowest BCUT2D eigenvalue weighted by molar-refractivity contribution is -0.138. The van der Waals surface area contributed by atoms with Gasteiger partial charge in [-0.2, -0.15) is 13.2 Å². The van der Waals surface area contributed by atoms with Crippen molar-refractivity contribution in [2.45, 2.75) is 84.7 Å². The molecule has 9 nitrogen and oxygen atoms in total. The molecule has 0 atom stereocenters. The van der Waals surface area contributed by atoms with E-state index in [1.807, 2.05) is 0 Å². The number of hydrogen-bond donors (Lipinski definition) is 1. The fraction of sp³-hybridized carbons (Fsp3) is 0.667. The summed E-state index contributed by atoms with van der Waals surface area (Å²) in [5.74, 6) is -1.44. The summed E-state index contributed by atoms with van der Waals surface area (Å²) in [6.07, 6.45) is -4.40. The number of fused-ring (bicyclic) bond motifs is 1. The maximum absolute atomic E-state index is 14.2. The van der Waals surface area contributed by atoms with Gasteiger partial charge in [0.1, 0.15) is 11.4 Å². The van der Waals surface area contributed by atoms with Gasteiger partial charge in [0.15, 0.2) is 5.60 Å². The van der Waals surface area contributed by atoms with Crippen LogP contribution in [0.5, 0.6) is 5.75 Å². The van der Waals surface area contributed by atoms with Crippen LogP contribution in [0.15, 0.2) is 12.1 Å². The number of benzene rings is 1. The molecule has 1 heterocycles. The van der Waals surface area contributed by atoms with Crippen molar-refractivity contribution in [2.75, 3.05) is 38.3 Å². The number of nitrogens with zero attached hydrogens (tertiary/aromatic N) is 2. The molecule has 0 aliphatic carbocycles. The molecule has 1 aromatic carbocycles. The first-order valence-corrected chi connectivity index (χ1v) is 12.9. The predicted octanol–water partition coefficient (Wildman–Crippen LogP) is 5.01. The smallest absolute Gasteiger partial charge is 0.417 e. The fourth-order valence-electron chi connectivity index (χ4n) is 4.11. The number of alkyl halides is 3. The van der Waals surface area contributed by atoms with E-state index >= 15 is 0 Å². The van der Waals surface area contributed by atoms with Crippen LogP contribution >= 0.6 is 0 Å². The normalized spacial score (nSPS) is 15.1. The Labute approximate surface area is 227 Å². The van der Waals surface area contributed by atoms with Crippen LogP contribution in [-0.2, 0) is 20.4 Å². The minimum absolute atomic E-state index is 0.0352. The Bertz CT molecular complexity index is 1050. The molecule has 0 fully saturated rings. The molecule has 220 valence electrons. The lowest BCUT2D eigenvalue weighted by Crippen LogP contribution is -2.53. The molecule has 2 rings (SSSR count). The zero-order chi connectivity index (χ0) is 29.8. The van der Waals surface area contributed by atoms with Crippen molar-refractivity contribution in [1.29, 1.82) is 0 Å². The van der Waals surface area contributed by atoms with Crippen molar-refractivity contribution in [2.24, 2.45) is 0 Å². The van der Waals surface area contributed by atoms with Crippen molar-refractivity contribution in [3.8, 4) is 5.75 Å². The third-order valence-electron chi connectivity index (χ3n) is 5.94. The molecule has 1 aromatic rings. The molecule has 0 bridgehead atoms. The first kappa shape index (κ1) is 32.2. The summed E-state index contributed by atoms with van der Waals surface area (Å²) in [6.45, 7) is 12.0. The van der Waals surface area contributed by atoms with Gasteiger partial charge in [-0.05, 0) is 73.4 Å². The number of carbonyl (C=O) groups is 3. The third-order valence-corrected chi connectivity index (χ3v) is 5.94. The molecule has 1 aliphatic rings. The molecule has 0 unspecified atom stereocenters. The van der Waals surface area contributed by atoms with Gasteiger partial charge in [0.05, 0.1) is 16.8 Å². The summed E-state index contributed by atoms with van der Waals surface area (Å²) in [4.78, 5) is 41.4. The van der Waals surface area contributed by atoms with E-state index in [2.05, 4.69) is 5.32 Å². The van der Waals surface area contributed by atoms with Gasteiger partial charge in [-0.3, -0.25) is 9.59 Å². The van der Waals surface area contributed by atoms with Crippen molar-refractivity contribution >= 4 is 23.6 Å². The largest absolute Gasteiger partial charge is 0.476 e. The highest BCUT2D eigenvalue weighted by molar-refractivity contribution is 6.05. The van der Waals surface area contributed by atoms with Crippen LogP contribution in [0, 0.1) is 0 Å². The highest BCUT2D eigenvalue weighted by Gasteiger charge is 2.44. The molecule has 0 saturated carbocycles. The SMILES string of the molecule is COCCCCN1C(=O)C(C)(C)Oc2cc(C(F)(F)F)c(C(=O)N(CCNC(=O)OC(C)(C)C)C(C)C)cc21. The standard InChI is InChI=1S/C27H40F3N3O6/c1-17(2)32(13-11-31-24(36)39-25(3,4)5)22(34)18-15-20-21(16-19(18)27(28,29)30)38-26(6,7)23(35)33(20)12-9-10-14-37-8/h15-17H,9-14H2,1-8H3,(H,31,36). The Kier molecular flexibility index (Phi) is 10.3. The molecular formula is C27H40F3N3O6. The lowest BCUT2D eigenvalue weighted by atomic mass is 9.98. The summed E-state index contributed by atoms with van der Waals surface area (Å²) in [6, 6.07) is 1.38. The van der Waals surface area contributed by atoms with Crippen molar-refractivity contribution in [3.63, 3.8) is 0 Å². The zero-order valence-electron chi connectivity index (χ0n) is 24.0. The monoisotopic (exact) mass is 559 g/mol. The van der Waals surface area contributed by atoms with E-state index in [0.717, 1.165) is 12.1 Å². The zero-order valence-corrected chi connectivity index (χ0v) is 24.0. The van der Waals surface area contributed by atoms with E-state index in [-0.39, 0.29) is 31.1 Å². The number of anilines is 1. The Morgan fingerprint density at radius 3 is 2.33 bits per heavy atom. The fourth-order valence-corrected chi connectivity index (χ4v) is 4.11. The van der Waals surface area contributed by atoms with Gasteiger partial charge in [0, 0.05) is 39.4 Å². The van der Waals surface area contributed by atoms with Gasteiger partial charge >= 0.3 is 12.3 Å². The van der Waals surface area contributed by atoms with Crippen LogP contribution in [0.4, 0.5) is 23.7 Å². The Morgan fingerprint density at radius 2 is 1.79 bits per heavy atom. The molecular weight excluding hydrogens is 519 g/mol. The van der Waals surface area contributed by atoms with Crippen molar-refractivity contribution < 1.29 is 41.8 Å². The second-order valence-electron chi connectivity index (χ2n) is 11.2. The Hall–Kier alpha value is -3.02. The minimum Gasteiger partial charge on any atom is -0.476 e. The molecule has 0 radical (unpaired) electrons. The van der Waals surface area contributed by atoms with Crippen LogP contribution in [0.25, 0.3) is 0 Å². The number of amides is 3. The minimum atomic E-state index is -4.87. The Morgan fingerprint density at radius 1 is 1.15 bits per heavy atom. The third kappa shape index (κ3) is 8.48. The summed E-state index contributed by atoms with van der Waals surface area (Å²) in [5.41, 5.74) is -3.79. The van der Waals surface area contributed by atoms with E-state index in [4.69, 9.17) is 14.2 Å². The second kappa shape index (κ2) is 12.4. The highest BCUT2D eigenvalue weighted by Crippen LogP contribution is 2.44. The number of carbonyl (C=O) groups excluding carboxylic acids is 3. The maximum atomic E-state index is 14.2. The number of halogens is 3. The first-order chi connectivity index (χ1) is 17.9. The van der Waals surface area contributed by atoms with Gasteiger partial charge in [-0.25, -0.2) is 4.79 Å². The van der Waals surface area contributed by atoms with Crippen LogP contribution in [0.2, 0.25) is 0 Å². The van der Waals surface area contributed by atoms with Gasteiger partial charge in [-0.1, -0.05) is 0 Å². The van der Waals surface area contributed by atoms with Crippen LogP contribution in [0.3, 0.4) is 0 Å². The number of hydrogen-bond acceptors (Lipinski definition) is 6. The predicted molar refractivity (Wildman–Crippen MR) is 140 cm³/mol. The van der Waals surface area contributed by atoms with Crippen LogP contribution in [-0.4, -0.2) is 73.4 Å². The molecule has 1 aliphatic heterocycles. The molecule has 1 N–H and O–H groups in total. The van der Waals surface area contributed by atoms with E-state index in [1.165, 1.54) is 23.6 Å². The highest BCUT2D eigenvalue weighted by atomic mass is 19.4. The average molecular weight is 560 g/mol. The van der Waals surface area contributed by atoms with Gasteiger partial charge in [0.25, 0.3) is 11.8 Å². The maximum Gasteiger partial charge on any atom is 0.417 e. The molecule has 3 amide bonds. The number of ether oxygens (including phenoxy) is 3. The topological polar surface area (TPSA) is 97.4 Å². The molecule has 12 heteroatoms. The summed E-state index contributed by atoms with van der Waals surface area (Å²) >= 11 is 0. The molecule has 0 spiro atoms. The molecule has 0 saturated heterocycles. The van der Waals surface area contributed by atoms with Crippen molar-refractivity contribution in [1.82, 2.24) is 10.2 Å². The van der Waals surface area contributed by atoms with Gasteiger partial charge in [0.2, 0.25) is 0 Å².